The number of rotatable bonds is 6. The zero-order valence-electron chi connectivity index (χ0n) is 22.4. The predicted octanol–water partition coefficient (Wildman–Crippen LogP) is 6.82. The third-order valence-corrected chi connectivity index (χ3v) is 15.6. The molecular weight excluding hydrogens is 621 g/mol. The SMILES string of the molecule is CC(C)[Si](C#Cc1c(F)ccc2cc3c(cnn3S(=O)(=O)C(F)(F)F)c(OS(=O)(=O)C(F)(F)F)c12)(C(C)C)C(C)C. The lowest BCUT2D eigenvalue weighted by molar-refractivity contribution is -0.0499. The zero-order chi connectivity index (χ0) is 31.5. The lowest BCUT2D eigenvalue weighted by atomic mass is 10.0. The third-order valence-electron chi connectivity index (χ3n) is 6.99. The summed E-state index contributed by atoms with van der Waals surface area (Å²) in [6, 6.07) is 2.52. The molecule has 1 aromatic heterocycles. The van der Waals surface area contributed by atoms with Crippen molar-refractivity contribution in [3.63, 3.8) is 0 Å². The second-order valence-electron chi connectivity index (χ2n) is 10.2. The van der Waals surface area contributed by atoms with E-state index in [2.05, 4.69) is 20.7 Å². The van der Waals surface area contributed by atoms with Gasteiger partial charge in [-0.1, -0.05) is 53.5 Å². The average Bonchev–Trinajstić information content (AvgIpc) is 3.23. The van der Waals surface area contributed by atoms with Gasteiger partial charge in [-0.2, -0.15) is 48.3 Å². The van der Waals surface area contributed by atoms with Gasteiger partial charge in [0, 0.05) is 5.39 Å². The molecule has 3 rings (SSSR count). The molecule has 17 heteroatoms. The highest BCUT2D eigenvalue weighted by Gasteiger charge is 2.51. The Morgan fingerprint density at radius 3 is 1.90 bits per heavy atom. The molecular formula is C24H25F7N2O5S2Si. The molecule has 0 saturated carbocycles. The van der Waals surface area contributed by atoms with E-state index in [1.807, 2.05) is 41.5 Å². The van der Waals surface area contributed by atoms with Crippen molar-refractivity contribution in [1.82, 2.24) is 9.19 Å². The molecule has 0 fully saturated rings. The van der Waals surface area contributed by atoms with Gasteiger partial charge in [0.25, 0.3) is 0 Å². The van der Waals surface area contributed by atoms with E-state index >= 15 is 4.39 Å². The van der Waals surface area contributed by atoms with Gasteiger partial charge in [0.15, 0.2) is 5.75 Å². The summed E-state index contributed by atoms with van der Waals surface area (Å²) in [7, 11) is -15.3. The summed E-state index contributed by atoms with van der Waals surface area (Å²) in [6.45, 7) is 11.6. The van der Waals surface area contributed by atoms with E-state index < -0.39 is 76.7 Å². The molecule has 0 spiro atoms. The van der Waals surface area contributed by atoms with E-state index in [0.717, 1.165) is 18.2 Å². The summed E-state index contributed by atoms with van der Waals surface area (Å²) in [5.74, 6) is 0.341. The second kappa shape index (κ2) is 10.5. The Balaban J connectivity index is 2.57. The average molecular weight is 647 g/mol. The largest absolute Gasteiger partial charge is 0.534 e. The van der Waals surface area contributed by atoms with Gasteiger partial charge in [-0.15, -0.1) is 9.63 Å². The minimum atomic E-state index is -6.47. The first-order chi connectivity index (χ1) is 18.5. The first-order valence-corrected chi connectivity index (χ1v) is 17.1. The highest BCUT2D eigenvalue weighted by atomic mass is 32.2. The van der Waals surface area contributed by atoms with Crippen molar-refractivity contribution in [2.75, 3.05) is 0 Å². The molecule has 0 aliphatic rings. The molecule has 2 aromatic carbocycles. The molecule has 0 N–H and O–H groups in total. The van der Waals surface area contributed by atoms with Crippen LogP contribution in [0.3, 0.4) is 0 Å². The van der Waals surface area contributed by atoms with E-state index in [1.165, 1.54) is 0 Å². The van der Waals surface area contributed by atoms with Gasteiger partial charge in [-0.05, 0) is 34.1 Å². The Kier molecular flexibility index (Phi) is 8.33. The predicted molar refractivity (Wildman–Crippen MR) is 141 cm³/mol. The van der Waals surface area contributed by atoms with E-state index in [0.29, 0.717) is 6.20 Å². The maximum Gasteiger partial charge on any atom is 0.534 e. The number of hydrogen-bond acceptors (Lipinski definition) is 6. The maximum absolute atomic E-state index is 15.3. The molecule has 0 amide bonds. The minimum Gasteiger partial charge on any atom is -0.375 e. The van der Waals surface area contributed by atoms with Crippen LogP contribution in [0.15, 0.2) is 24.4 Å². The van der Waals surface area contributed by atoms with E-state index in [-0.39, 0.29) is 22.0 Å². The Labute approximate surface area is 232 Å². The van der Waals surface area contributed by atoms with Crippen LogP contribution in [-0.2, 0) is 20.1 Å². The van der Waals surface area contributed by atoms with Crippen LogP contribution in [0.1, 0.15) is 47.1 Å². The second-order valence-corrected chi connectivity index (χ2v) is 19.1. The topological polar surface area (TPSA) is 95.3 Å². The Bertz CT molecular complexity index is 1760. The smallest absolute Gasteiger partial charge is 0.375 e. The summed E-state index contributed by atoms with van der Waals surface area (Å²) >= 11 is 0. The van der Waals surface area contributed by atoms with E-state index in [4.69, 9.17) is 0 Å². The van der Waals surface area contributed by atoms with Crippen molar-refractivity contribution in [1.29, 1.82) is 0 Å². The first-order valence-electron chi connectivity index (χ1n) is 12.0. The number of halogens is 7. The van der Waals surface area contributed by atoms with Crippen molar-refractivity contribution < 1.29 is 51.8 Å². The summed E-state index contributed by atoms with van der Waals surface area (Å²) in [5.41, 5.74) is -10.1. The number of alkyl halides is 6. The Morgan fingerprint density at radius 2 is 1.44 bits per heavy atom. The molecule has 0 aliphatic heterocycles. The molecule has 0 saturated heterocycles. The molecule has 3 aromatic rings. The zero-order valence-corrected chi connectivity index (χ0v) is 25.1. The van der Waals surface area contributed by atoms with Crippen molar-refractivity contribution in [2.45, 2.75) is 69.2 Å². The molecule has 41 heavy (non-hydrogen) atoms. The van der Waals surface area contributed by atoms with Crippen molar-refractivity contribution >= 4 is 49.9 Å². The summed E-state index contributed by atoms with van der Waals surface area (Å²) in [6.07, 6.45) is 0.386. The van der Waals surface area contributed by atoms with Gasteiger partial charge in [-0.3, -0.25) is 0 Å². The van der Waals surface area contributed by atoms with Gasteiger partial charge < -0.3 is 4.18 Å². The van der Waals surface area contributed by atoms with Crippen LogP contribution in [0.2, 0.25) is 16.6 Å². The van der Waals surface area contributed by atoms with Crippen LogP contribution in [0, 0.1) is 17.3 Å². The summed E-state index contributed by atoms with van der Waals surface area (Å²) in [4.78, 5) is 0. The molecule has 0 radical (unpaired) electrons. The monoisotopic (exact) mass is 646 g/mol. The fraction of sp³-hybridized carbons (Fsp3) is 0.458. The highest BCUT2D eigenvalue weighted by molar-refractivity contribution is 7.90. The van der Waals surface area contributed by atoms with Gasteiger partial charge in [0.05, 0.1) is 22.7 Å². The lowest BCUT2D eigenvalue weighted by Gasteiger charge is -2.38. The summed E-state index contributed by atoms with van der Waals surface area (Å²) < 4.78 is 147. The van der Waals surface area contributed by atoms with Gasteiger partial charge in [0.1, 0.15) is 13.9 Å². The molecule has 0 atom stereocenters. The van der Waals surface area contributed by atoms with E-state index in [1.54, 1.807) is 0 Å². The number of benzene rings is 2. The molecule has 1 heterocycles. The van der Waals surface area contributed by atoms with Crippen LogP contribution in [0.4, 0.5) is 30.7 Å². The molecule has 226 valence electrons. The lowest BCUT2D eigenvalue weighted by Crippen LogP contribution is -2.43. The minimum absolute atomic E-state index is 0.0341. The number of nitrogens with zero attached hydrogens (tertiary/aromatic N) is 2. The number of aromatic nitrogens is 2. The first kappa shape index (κ1) is 32.7. The van der Waals surface area contributed by atoms with Crippen molar-refractivity contribution in [2.24, 2.45) is 0 Å². The fourth-order valence-corrected chi connectivity index (χ4v) is 11.6. The Hall–Kier alpha value is -2.84. The Morgan fingerprint density at radius 1 is 0.902 bits per heavy atom. The fourth-order valence-electron chi connectivity index (χ4n) is 5.15. The molecule has 0 bridgehead atoms. The van der Waals surface area contributed by atoms with Crippen LogP contribution in [0.25, 0.3) is 21.7 Å². The third kappa shape index (κ3) is 5.41. The van der Waals surface area contributed by atoms with Crippen LogP contribution < -0.4 is 4.18 Å². The van der Waals surface area contributed by atoms with Gasteiger partial charge in [0.2, 0.25) is 0 Å². The van der Waals surface area contributed by atoms with E-state index in [9.17, 15) is 43.2 Å². The standard InChI is InChI=1S/C24H25F7N2O5S2Si/c1-13(2)41(14(3)4,15(5)6)10-9-17-19(25)8-7-16-11-20-18(12-32-33(20)39(34,35)23(26,27)28)22(21(16)17)38-40(36,37)24(29,30)31/h7-8,11-15H,1-6H3. The van der Waals surface area contributed by atoms with Gasteiger partial charge in [-0.25, -0.2) is 4.39 Å². The number of fused-ring (bicyclic) bond motifs is 2. The number of hydrogen-bond donors (Lipinski definition) is 0. The van der Waals surface area contributed by atoms with Crippen LogP contribution >= 0.6 is 0 Å². The van der Waals surface area contributed by atoms with Crippen LogP contribution in [-0.4, -0.2) is 45.1 Å². The molecule has 0 aliphatic carbocycles. The quantitative estimate of drug-likeness (QED) is 0.0959. The normalized spacial score (nSPS) is 13.9. The highest BCUT2D eigenvalue weighted by Crippen LogP contribution is 2.43. The van der Waals surface area contributed by atoms with Crippen molar-refractivity contribution in [3.8, 4) is 17.2 Å². The van der Waals surface area contributed by atoms with Crippen LogP contribution in [0.5, 0.6) is 5.75 Å². The molecule has 7 nitrogen and oxygen atoms in total. The van der Waals surface area contributed by atoms with Crippen molar-refractivity contribution in [3.05, 3.63) is 35.8 Å². The molecule has 0 unspecified atom stereocenters. The maximum atomic E-state index is 15.3. The van der Waals surface area contributed by atoms with Gasteiger partial charge >= 0.3 is 31.2 Å². The summed E-state index contributed by atoms with van der Waals surface area (Å²) in [5, 5.41) is 1.32.